The summed E-state index contributed by atoms with van der Waals surface area (Å²) in [5.41, 5.74) is 4.26. The second kappa shape index (κ2) is 5.00. The molecule has 1 N–H and O–H groups in total. The predicted molar refractivity (Wildman–Crippen MR) is 101 cm³/mol. The molecule has 0 spiro atoms. The minimum Gasteiger partial charge on any atom is -0.345 e. The minimum absolute atomic E-state index is 0.0921. The van der Waals surface area contributed by atoms with Crippen LogP contribution >= 0.6 is 0 Å². The number of fused-ring (bicyclic) bond motifs is 2. The SMILES string of the molecule is C=C1NC(=O)c2cc([B]c3ccc4c(=C)n(C)c(=C)c4c3)ccc21. The molecule has 0 saturated carbocycles. The van der Waals surface area contributed by atoms with Gasteiger partial charge < -0.3 is 9.88 Å². The maximum absolute atomic E-state index is 11.9. The average Bonchev–Trinajstić information content (AvgIpc) is 2.97. The highest BCUT2D eigenvalue weighted by molar-refractivity contribution is 6.67. The van der Waals surface area contributed by atoms with Gasteiger partial charge in [-0.15, -0.1) is 0 Å². The zero-order valence-electron chi connectivity index (χ0n) is 13.5. The highest BCUT2D eigenvalue weighted by Gasteiger charge is 2.22. The first-order chi connectivity index (χ1) is 11.5. The van der Waals surface area contributed by atoms with Crippen LogP contribution in [-0.4, -0.2) is 17.8 Å². The number of benzene rings is 2. The van der Waals surface area contributed by atoms with Crippen LogP contribution in [-0.2, 0) is 7.05 Å². The van der Waals surface area contributed by atoms with Crippen LogP contribution < -0.4 is 26.9 Å². The third kappa shape index (κ3) is 2.03. The molecule has 0 atom stereocenters. The zero-order chi connectivity index (χ0) is 17.0. The molecule has 0 aliphatic carbocycles. The van der Waals surface area contributed by atoms with Gasteiger partial charge in [0.25, 0.3) is 5.91 Å². The molecule has 1 aliphatic rings. The molecular weight excluding hydrogens is 295 g/mol. The van der Waals surface area contributed by atoms with Crippen LogP contribution in [0.5, 0.6) is 0 Å². The Kier molecular flexibility index (Phi) is 3.04. The van der Waals surface area contributed by atoms with Crippen LogP contribution in [0.3, 0.4) is 0 Å². The van der Waals surface area contributed by atoms with E-state index in [1.807, 2.05) is 29.8 Å². The maximum atomic E-state index is 11.9. The summed E-state index contributed by atoms with van der Waals surface area (Å²) in [6, 6.07) is 12.1. The van der Waals surface area contributed by atoms with E-state index >= 15 is 0 Å². The van der Waals surface area contributed by atoms with Crippen molar-refractivity contribution < 1.29 is 4.79 Å². The molecule has 1 aromatic heterocycles. The second-order valence-corrected chi connectivity index (χ2v) is 6.14. The fourth-order valence-corrected chi connectivity index (χ4v) is 3.23. The molecule has 0 saturated heterocycles. The fraction of sp³-hybridized carbons (Fsp3) is 0.0500. The fourth-order valence-electron chi connectivity index (χ4n) is 3.23. The zero-order valence-corrected chi connectivity index (χ0v) is 13.5. The van der Waals surface area contributed by atoms with Gasteiger partial charge in [-0.25, -0.2) is 0 Å². The van der Waals surface area contributed by atoms with Gasteiger partial charge in [0.1, 0.15) is 0 Å². The molecule has 1 amide bonds. The predicted octanol–water partition coefficient (Wildman–Crippen LogP) is 0.368. The van der Waals surface area contributed by atoms with Crippen LogP contribution in [0.4, 0.5) is 0 Å². The first-order valence-corrected chi connectivity index (χ1v) is 7.71. The van der Waals surface area contributed by atoms with Crippen molar-refractivity contribution in [3.05, 3.63) is 64.8 Å². The van der Waals surface area contributed by atoms with Crippen molar-refractivity contribution >= 4 is 53.7 Å². The maximum Gasteiger partial charge on any atom is 0.256 e. The van der Waals surface area contributed by atoms with Crippen molar-refractivity contribution in [1.29, 1.82) is 0 Å². The monoisotopic (exact) mass is 311 g/mol. The molecule has 4 rings (SSSR count). The Morgan fingerprint density at radius 1 is 0.917 bits per heavy atom. The smallest absolute Gasteiger partial charge is 0.256 e. The van der Waals surface area contributed by atoms with Crippen molar-refractivity contribution in [2.45, 2.75) is 0 Å². The van der Waals surface area contributed by atoms with E-state index in [2.05, 4.69) is 50.5 Å². The first kappa shape index (κ1) is 14.6. The molecule has 0 bridgehead atoms. The van der Waals surface area contributed by atoms with Gasteiger partial charge in [0.2, 0.25) is 0 Å². The van der Waals surface area contributed by atoms with Gasteiger partial charge in [-0.3, -0.25) is 4.79 Å². The Morgan fingerprint density at radius 2 is 1.58 bits per heavy atom. The minimum atomic E-state index is -0.0921. The second-order valence-electron chi connectivity index (χ2n) is 6.14. The number of hydrogen-bond acceptors (Lipinski definition) is 1. The van der Waals surface area contributed by atoms with Crippen molar-refractivity contribution in [3.8, 4) is 0 Å². The Bertz CT molecular complexity index is 1140. The number of carbonyl (C=O) groups is 1. The van der Waals surface area contributed by atoms with Gasteiger partial charge in [0, 0.05) is 45.3 Å². The summed E-state index contributed by atoms with van der Waals surface area (Å²) in [7, 11) is 4.03. The van der Waals surface area contributed by atoms with Crippen LogP contribution in [0.2, 0.25) is 0 Å². The van der Waals surface area contributed by atoms with E-state index in [-0.39, 0.29) is 5.91 Å². The topological polar surface area (TPSA) is 34.0 Å². The molecule has 3 aromatic rings. The number of nitrogens with zero attached hydrogens (tertiary/aromatic N) is 1. The molecule has 4 heteroatoms. The number of carbonyl (C=O) groups excluding carboxylic acids is 1. The summed E-state index contributed by atoms with van der Waals surface area (Å²) in [6.45, 7) is 12.1. The van der Waals surface area contributed by atoms with E-state index in [1.54, 1.807) is 0 Å². The van der Waals surface area contributed by atoms with Crippen molar-refractivity contribution in [1.82, 2.24) is 9.88 Å². The van der Waals surface area contributed by atoms with Crippen molar-refractivity contribution in [2.75, 3.05) is 0 Å². The standard InChI is InChI=1S/C20H16BN2O/c1-11-16-7-5-15(10-19(16)20(24)22-11)21-14-6-8-17-12(2)23(4)13(3)18(17)9-14/h5-10H,1-3H2,4H3,(H,22,24). The van der Waals surface area contributed by atoms with Crippen molar-refractivity contribution in [2.24, 2.45) is 7.05 Å². The summed E-state index contributed by atoms with van der Waals surface area (Å²) in [5, 5.41) is 6.88. The number of nitrogens with one attached hydrogen (secondary N) is 1. The van der Waals surface area contributed by atoms with Crippen molar-refractivity contribution in [3.63, 3.8) is 0 Å². The number of aromatic nitrogens is 1. The molecule has 0 unspecified atom stereocenters. The molecule has 1 radical (unpaired) electrons. The highest BCUT2D eigenvalue weighted by Crippen LogP contribution is 2.21. The van der Waals surface area contributed by atoms with E-state index in [0.29, 0.717) is 11.3 Å². The third-order valence-corrected chi connectivity index (χ3v) is 4.69. The number of amides is 1. The lowest BCUT2D eigenvalue weighted by molar-refractivity contribution is 0.0981. The first-order valence-electron chi connectivity index (χ1n) is 7.71. The molecule has 24 heavy (non-hydrogen) atoms. The van der Waals surface area contributed by atoms with E-state index in [1.165, 1.54) is 0 Å². The number of hydrogen-bond donors (Lipinski definition) is 1. The summed E-state index contributed by atoms with van der Waals surface area (Å²) in [6.07, 6.45) is 0. The molecule has 1 aliphatic heterocycles. The van der Waals surface area contributed by atoms with Gasteiger partial charge in [-0.2, -0.15) is 0 Å². The summed E-state index contributed by atoms with van der Waals surface area (Å²) in [4.78, 5) is 11.9. The normalized spacial score (nSPS) is 13.2. The van der Waals surface area contributed by atoms with Gasteiger partial charge in [-0.1, -0.05) is 67.1 Å². The van der Waals surface area contributed by atoms with Crippen LogP contribution in [0.1, 0.15) is 15.9 Å². The van der Waals surface area contributed by atoms with Crippen LogP contribution in [0, 0.1) is 0 Å². The third-order valence-electron chi connectivity index (χ3n) is 4.69. The molecule has 2 heterocycles. The molecular formula is C20H16BN2O. The molecule has 115 valence electrons. The van der Waals surface area contributed by atoms with Gasteiger partial charge in [0.15, 0.2) is 7.28 Å². The van der Waals surface area contributed by atoms with Gasteiger partial charge in [0.05, 0.1) is 0 Å². The average molecular weight is 311 g/mol. The molecule has 0 fully saturated rings. The van der Waals surface area contributed by atoms with E-state index in [0.717, 1.165) is 38.0 Å². The summed E-state index contributed by atoms with van der Waals surface area (Å²) in [5.74, 6) is -0.0921. The van der Waals surface area contributed by atoms with E-state index in [4.69, 9.17) is 0 Å². The van der Waals surface area contributed by atoms with Crippen LogP contribution in [0.25, 0.3) is 29.6 Å². The Hall–Kier alpha value is -3.01. The Labute approximate surface area is 140 Å². The highest BCUT2D eigenvalue weighted by atomic mass is 16.1. The largest absolute Gasteiger partial charge is 0.345 e. The Morgan fingerprint density at radius 3 is 2.38 bits per heavy atom. The van der Waals surface area contributed by atoms with E-state index in [9.17, 15) is 4.79 Å². The number of rotatable bonds is 2. The van der Waals surface area contributed by atoms with E-state index < -0.39 is 0 Å². The van der Waals surface area contributed by atoms with Gasteiger partial charge >= 0.3 is 0 Å². The van der Waals surface area contributed by atoms with Gasteiger partial charge in [-0.05, 0) is 0 Å². The molecule has 3 nitrogen and oxygen atoms in total. The summed E-state index contributed by atoms with van der Waals surface area (Å²) >= 11 is 0. The lowest BCUT2D eigenvalue weighted by Crippen LogP contribution is -2.28. The summed E-state index contributed by atoms with van der Waals surface area (Å²) < 4.78 is 2.00. The lowest BCUT2D eigenvalue weighted by Gasteiger charge is -2.04. The van der Waals surface area contributed by atoms with Crippen LogP contribution in [0.15, 0.2) is 43.0 Å². The lowest BCUT2D eigenvalue weighted by atomic mass is 9.63. The Balaban J connectivity index is 1.75. The molecule has 2 aromatic carbocycles. The quantitative estimate of drug-likeness (QED) is 0.682.